The van der Waals surface area contributed by atoms with E-state index in [9.17, 15) is 14.9 Å². The normalized spacial score (nSPS) is 14.4. The molecule has 0 unspecified atom stereocenters. The molecule has 1 amide bonds. The molecule has 1 aliphatic heterocycles. The fourth-order valence-electron chi connectivity index (χ4n) is 4.43. The third-order valence-corrected chi connectivity index (χ3v) is 6.25. The predicted octanol–water partition coefficient (Wildman–Crippen LogP) is 3.95. The number of piperazine rings is 1. The van der Waals surface area contributed by atoms with Crippen LogP contribution in [-0.2, 0) is 13.1 Å². The summed E-state index contributed by atoms with van der Waals surface area (Å²) >= 11 is 0. The van der Waals surface area contributed by atoms with Gasteiger partial charge in [0.05, 0.1) is 22.5 Å². The van der Waals surface area contributed by atoms with Crippen LogP contribution in [0.2, 0.25) is 0 Å². The maximum Gasteiger partial charge on any atom is 0.270 e. The number of aromatic nitrogens is 2. The van der Waals surface area contributed by atoms with Gasteiger partial charge in [0, 0.05) is 50.4 Å². The summed E-state index contributed by atoms with van der Waals surface area (Å²) in [5.41, 5.74) is 3.60. The van der Waals surface area contributed by atoms with E-state index in [0.717, 1.165) is 36.5 Å². The molecule has 172 valence electrons. The summed E-state index contributed by atoms with van der Waals surface area (Å²) in [6, 6.07) is 24.5. The molecule has 0 radical (unpaired) electrons. The Labute approximate surface area is 197 Å². The Hall–Kier alpha value is -4.04. The number of rotatable bonds is 6. The molecule has 0 spiro atoms. The highest BCUT2D eigenvalue weighted by Crippen LogP contribution is 2.21. The minimum Gasteiger partial charge on any atom is -0.336 e. The van der Waals surface area contributed by atoms with Crippen LogP contribution in [0.25, 0.3) is 11.0 Å². The first-order valence-corrected chi connectivity index (χ1v) is 11.3. The molecular formula is C26H25N5O3. The molecule has 8 nitrogen and oxygen atoms in total. The van der Waals surface area contributed by atoms with E-state index in [1.807, 2.05) is 36.4 Å². The second-order valence-electron chi connectivity index (χ2n) is 8.46. The SMILES string of the molecule is O=C(c1cccc([N+](=O)[O-])c1)N1CCN(Cc2nc3ccccc3n2Cc2ccccc2)CC1. The van der Waals surface area contributed by atoms with Gasteiger partial charge in [-0.3, -0.25) is 19.8 Å². The largest absolute Gasteiger partial charge is 0.336 e. The molecule has 1 aliphatic rings. The van der Waals surface area contributed by atoms with Crippen molar-refractivity contribution in [1.29, 1.82) is 0 Å². The lowest BCUT2D eigenvalue weighted by molar-refractivity contribution is -0.384. The third kappa shape index (κ3) is 4.53. The van der Waals surface area contributed by atoms with Crippen molar-refractivity contribution in [2.24, 2.45) is 0 Å². The topological polar surface area (TPSA) is 84.5 Å². The van der Waals surface area contributed by atoms with Crippen molar-refractivity contribution in [2.75, 3.05) is 26.2 Å². The summed E-state index contributed by atoms with van der Waals surface area (Å²) in [4.78, 5) is 32.4. The highest BCUT2D eigenvalue weighted by atomic mass is 16.6. The molecule has 5 rings (SSSR count). The van der Waals surface area contributed by atoms with Crippen LogP contribution in [-0.4, -0.2) is 56.4 Å². The molecule has 0 atom stereocenters. The van der Waals surface area contributed by atoms with Gasteiger partial charge in [-0.15, -0.1) is 0 Å². The zero-order chi connectivity index (χ0) is 23.5. The maximum absolute atomic E-state index is 12.9. The fourth-order valence-corrected chi connectivity index (χ4v) is 4.43. The molecule has 0 saturated carbocycles. The highest BCUT2D eigenvalue weighted by molar-refractivity contribution is 5.94. The van der Waals surface area contributed by atoms with E-state index in [1.54, 1.807) is 17.0 Å². The molecule has 4 aromatic rings. The van der Waals surface area contributed by atoms with Crippen molar-refractivity contribution < 1.29 is 9.72 Å². The van der Waals surface area contributed by atoms with E-state index in [0.29, 0.717) is 25.2 Å². The van der Waals surface area contributed by atoms with Gasteiger partial charge in [0.15, 0.2) is 0 Å². The van der Waals surface area contributed by atoms with Gasteiger partial charge in [-0.2, -0.15) is 0 Å². The Morgan fingerprint density at radius 1 is 0.882 bits per heavy atom. The summed E-state index contributed by atoms with van der Waals surface area (Å²) in [7, 11) is 0. The van der Waals surface area contributed by atoms with Crippen molar-refractivity contribution in [3.8, 4) is 0 Å². The van der Waals surface area contributed by atoms with Crippen LogP contribution in [0.1, 0.15) is 21.7 Å². The number of nitrogens with zero attached hydrogens (tertiary/aromatic N) is 5. The predicted molar refractivity (Wildman–Crippen MR) is 130 cm³/mol. The number of hydrogen-bond donors (Lipinski definition) is 0. The van der Waals surface area contributed by atoms with Crippen LogP contribution in [0, 0.1) is 10.1 Å². The lowest BCUT2D eigenvalue weighted by Gasteiger charge is -2.34. The number of fused-ring (bicyclic) bond motifs is 1. The molecule has 8 heteroatoms. The number of nitro benzene ring substituents is 1. The van der Waals surface area contributed by atoms with Gasteiger partial charge in [0.25, 0.3) is 11.6 Å². The van der Waals surface area contributed by atoms with Crippen molar-refractivity contribution in [3.63, 3.8) is 0 Å². The van der Waals surface area contributed by atoms with Crippen LogP contribution in [0.5, 0.6) is 0 Å². The molecule has 0 N–H and O–H groups in total. The summed E-state index contributed by atoms with van der Waals surface area (Å²) in [6.07, 6.45) is 0. The van der Waals surface area contributed by atoms with Crippen LogP contribution in [0.15, 0.2) is 78.9 Å². The van der Waals surface area contributed by atoms with Gasteiger partial charge in [-0.1, -0.05) is 48.5 Å². The van der Waals surface area contributed by atoms with Gasteiger partial charge >= 0.3 is 0 Å². The minimum absolute atomic E-state index is 0.0678. The molecule has 1 fully saturated rings. The molecule has 34 heavy (non-hydrogen) atoms. The summed E-state index contributed by atoms with van der Waals surface area (Å²) < 4.78 is 2.27. The lowest BCUT2D eigenvalue weighted by Crippen LogP contribution is -2.48. The van der Waals surface area contributed by atoms with Crippen LogP contribution < -0.4 is 0 Å². The molecule has 2 heterocycles. The van der Waals surface area contributed by atoms with Crippen molar-refractivity contribution in [1.82, 2.24) is 19.4 Å². The van der Waals surface area contributed by atoms with Gasteiger partial charge in [-0.25, -0.2) is 4.98 Å². The first-order chi connectivity index (χ1) is 16.6. The standard InChI is InChI=1S/C26H25N5O3/c32-26(21-9-6-10-22(17-21)31(33)34)29-15-13-28(14-16-29)19-25-27-23-11-4-5-12-24(23)30(25)18-20-7-2-1-3-8-20/h1-12,17H,13-16,18-19H2. The zero-order valence-corrected chi connectivity index (χ0v) is 18.7. The monoisotopic (exact) mass is 455 g/mol. The zero-order valence-electron chi connectivity index (χ0n) is 18.7. The van der Waals surface area contributed by atoms with E-state index in [4.69, 9.17) is 4.98 Å². The number of carbonyl (C=O) groups is 1. The minimum atomic E-state index is -0.476. The second-order valence-corrected chi connectivity index (χ2v) is 8.46. The number of benzene rings is 3. The van der Waals surface area contributed by atoms with E-state index >= 15 is 0 Å². The van der Waals surface area contributed by atoms with Crippen molar-refractivity contribution >= 4 is 22.6 Å². The summed E-state index contributed by atoms with van der Waals surface area (Å²) in [5.74, 6) is 0.836. The van der Waals surface area contributed by atoms with E-state index < -0.39 is 4.92 Å². The number of non-ortho nitro benzene ring substituents is 1. The summed E-state index contributed by atoms with van der Waals surface area (Å²) in [6.45, 7) is 4.02. The third-order valence-electron chi connectivity index (χ3n) is 6.25. The Kier molecular flexibility index (Phi) is 6.05. The first-order valence-electron chi connectivity index (χ1n) is 11.3. The average Bonchev–Trinajstić information content (AvgIpc) is 3.21. The van der Waals surface area contributed by atoms with Crippen LogP contribution in [0.4, 0.5) is 5.69 Å². The van der Waals surface area contributed by atoms with Crippen LogP contribution >= 0.6 is 0 Å². The quantitative estimate of drug-likeness (QED) is 0.325. The van der Waals surface area contributed by atoms with Gasteiger partial charge in [0.2, 0.25) is 0 Å². The highest BCUT2D eigenvalue weighted by Gasteiger charge is 2.24. The van der Waals surface area contributed by atoms with E-state index in [1.165, 1.54) is 17.7 Å². The van der Waals surface area contributed by atoms with E-state index in [2.05, 4.69) is 27.7 Å². The van der Waals surface area contributed by atoms with Gasteiger partial charge in [0.1, 0.15) is 5.82 Å². The first kappa shape index (κ1) is 21.8. The number of hydrogen-bond acceptors (Lipinski definition) is 5. The summed E-state index contributed by atoms with van der Waals surface area (Å²) in [5, 5.41) is 11.0. The molecule has 1 saturated heterocycles. The van der Waals surface area contributed by atoms with Crippen molar-refractivity contribution in [3.05, 3.63) is 106 Å². The lowest BCUT2D eigenvalue weighted by atomic mass is 10.1. The Morgan fingerprint density at radius 2 is 1.62 bits per heavy atom. The van der Waals surface area contributed by atoms with Gasteiger partial charge in [-0.05, 0) is 23.8 Å². The van der Waals surface area contributed by atoms with Crippen LogP contribution in [0.3, 0.4) is 0 Å². The number of amides is 1. The van der Waals surface area contributed by atoms with Crippen molar-refractivity contribution in [2.45, 2.75) is 13.1 Å². The average molecular weight is 456 g/mol. The number of imidazole rings is 1. The van der Waals surface area contributed by atoms with Gasteiger partial charge < -0.3 is 9.47 Å². The Morgan fingerprint density at radius 3 is 2.38 bits per heavy atom. The number of para-hydroxylation sites is 2. The molecular weight excluding hydrogens is 430 g/mol. The van der Waals surface area contributed by atoms with E-state index in [-0.39, 0.29) is 11.6 Å². The Balaban J connectivity index is 1.29. The maximum atomic E-state index is 12.9. The Bertz CT molecular complexity index is 1330. The smallest absolute Gasteiger partial charge is 0.270 e. The molecule has 0 aliphatic carbocycles. The molecule has 3 aromatic carbocycles. The molecule has 0 bridgehead atoms. The molecule has 1 aromatic heterocycles. The number of nitro groups is 1. The number of carbonyl (C=O) groups excluding carboxylic acids is 1. The second kappa shape index (κ2) is 9.44. The fraction of sp³-hybridized carbons (Fsp3) is 0.231.